The minimum absolute atomic E-state index is 0.0964. The Kier molecular flexibility index (Phi) is 5.10. The fraction of sp³-hybridized carbons (Fsp3) is 0.500. The topological polar surface area (TPSA) is 83.6 Å². The summed E-state index contributed by atoms with van der Waals surface area (Å²) in [4.78, 5) is 29.0. The van der Waals surface area contributed by atoms with Gasteiger partial charge in [-0.1, -0.05) is 0 Å². The summed E-state index contributed by atoms with van der Waals surface area (Å²) >= 11 is 0. The van der Waals surface area contributed by atoms with Crippen molar-refractivity contribution in [1.29, 1.82) is 0 Å². The molecule has 0 radical (unpaired) electrons. The van der Waals surface area contributed by atoms with Crippen LogP contribution in [0.2, 0.25) is 0 Å². The lowest BCUT2D eigenvalue weighted by Gasteiger charge is -2.13. The molecule has 1 aromatic heterocycles. The molecule has 1 saturated heterocycles. The number of carbonyl (C=O) groups excluding carboxylic acids is 2. The molecule has 0 aliphatic carbocycles. The second kappa shape index (κ2) is 7.03. The van der Waals surface area contributed by atoms with Crippen molar-refractivity contribution in [3.8, 4) is 0 Å². The zero-order valence-corrected chi connectivity index (χ0v) is 12.3. The van der Waals surface area contributed by atoms with Crippen LogP contribution in [0.15, 0.2) is 18.3 Å². The second-order valence-corrected chi connectivity index (χ2v) is 5.10. The Morgan fingerprint density at radius 1 is 1.48 bits per heavy atom. The van der Waals surface area contributed by atoms with Gasteiger partial charge >= 0.3 is 6.03 Å². The summed E-state index contributed by atoms with van der Waals surface area (Å²) in [5.41, 5.74) is 0.817. The van der Waals surface area contributed by atoms with Gasteiger partial charge in [-0.05, 0) is 25.0 Å². The summed E-state index contributed by atoms with van der Waals surface area (Å²) in [6.45, 7) is 1.24. The zero-order valence-electron chi connectivity index (χ0n) is 12.3. The van der Waals surface area contributed by atoms with Crippen molar-refractivity contribution in [3.05, 3.63) is 24.0 Å². The van der Waals surface area contributed by atoms with Crippen LogP contribution in [-0.2, 0) is 4.74 Å². The van der Waals surface area contributed by atoms with E-state index >= 15 is 0 Å². The lowest BCUT2D eigenvalue weighted by Crippen LogP contribution is -2.35. The predicted octanol–water partition coefficient (Wildman–Crippen LogP) is 1.08. The number of nitrogens with zero attached hydrogens (tertiary/aromatic N) is 2. The maximum Gasteiger partial charge on any atom is 0.319 e. The van der Waals surface area contributed by atoms with Gasteiger partial charge in [0.1, 0.15) is 5.69 Å². The number of urea groups is 1. The molecule has 0 saturated carbocycles. The normalized spacial score (nSPS) is 17.3. The summed E-state index contributed by atoms with van der Waals surface area (Å²) in [7, 11) is 3.30. The predicted molar refractivity (Wildman–Crippen MR) is 78.2 cm³/mol. The molecule has 3 amide bonds. The summed E-state index contributed by atoms with van der Waals surface area (Å²) in [5.74, 6) is -0.210. The molecule has 2 heterocycles. The van der Waals surface area contributed by atoms with E-state index in [0.29, 0.717) is 12.2 Å². The second-order valence-electron chi connectivity index (χ2n) is 5.10. The molecule has 114 valence electrons. The van der Waals surface area contributed by atoms with Crippen molar-refractivity contribution in [3.63, 3.8) is 0 Å². The van der Waals surface area contributed by atoms with Gasteiger partial charge in [-0.3, -0.25) is 9.78 Å². The largest absolute Gasteiger partial charge is 0.376 e. The van der Waals surface area contributed by atoms with Gasteiger partial charge in [0.15, 0.2) is 0 Å². The number of rotatable bonds is 4. The van der Waals surface area contributed by atoms with Gasteiger partial charge in [-0.2, -0.15) is 0 Å². The van der Waals surface area contributed by atoms with Crippen LogP contribution in [0, 0.1) is 0 Å². The minimum Gasteiger partial charge on any atom is -0.376 e. The molecule has 1 unspecified atom stereocenters. The number of amides is 3. The fourth-order valence-corrected chi connectivity index (χ4v) is 2.04. The van der Waals surface area contributed by atoms with Gasteiger partial charge in [0.2, 0.25) is 0 Å². The van der Waals surface area contributed by atoms with Gasteiger partial charge in [0.25, 0.3) is 5.91 Å². The van der Waals surface area contributed by atoms with Crippen LogP contribution < -0.4 is 10.6 Å². The standard InChI is InChI=1S/C14H20N4O3/c1-18(2)13(19)12-8-10(5-6-15-12)17-14(20)16-9-11-4-3-7-21-11/h5-6,8,11H,3-4,7,9H2,1-2H3,(H2,15,16,17,20). The van der Waals surface area contributed by atoms with E-state index in [1.54, 1.807) is 26.2 Å². The molecule has 7 heteroatoms. The monoisotopic (exact) mass is 292 g/mol. The maximum atomic E-state index is 11.8. The van der Waals surface area contributed by atoms with Gasteiger partial charge in [0.05, 0.1) is 6.10 Å². The number of nitrogens with one attached hydrogen (secondary N) is 2. The molecule has 1 aliphatic rings. The molecule has 1 aliphatic heterocycles. The Morgan fingerprint density at radius 2 is 2.29 bits per heavy atom. The van der Waals surface area contributed by atoms with Crippen LogP contribution in [0.5, 0.6) is 0 Å². The van der Waals surface area contributed by atoms with E-state index in [4.69, 9.17) is 4.74 Å². The van der Waals surface area contributed by atoms with Crippen molar-refractivity contribution < 1.29 is 14.3 Å². The highest BCUT2D eigenvalue weighted by Crippen LogP contribution is 2.11. The first-order chi connectivity index (χ1) is 10.1. The molecule has 1 aromatic rings. The molecular weight excluding hydrogens is 272 g/mol. The van der Waals surface area contributed by atoms with Crippen molar-refractivity contribution in [2.45, 2.75) is 18.9 Å². The van der Waals surface area contributed by atoms with E-state index in [9.17, 15) is 9.59 Å². The molecule has 21 heavy (non-hydrogen) atoms. The maximum absolute atomic E-state index is 11.8. The average Bonchev–Trinajstić information content (AvgIpc) is 2.98. The number of anilines is 1. The number of pyridine rings is 1. The van der Waals surface area contributed by atoms with E-state index in [-0.39, 0.29) is 23.7 Å². The van der Waals surface area contributed by atoms with Crippen LogP contribution in [0.4, 0.5) is 10.5 Å². The molecule has 0 bridgehead atoms. The number of hydrogen-bond donors (Lipinski definition) is 2. The van der Waals surface area contributed by atoms with Gasteiger partial charge in [-0.25, -0.2) is 4.79 Å². The number of aromatic nitrogens is 1. The van der Waals surface area contributed by atoms with E-state index < -0.39 is 0 Å². The third-order valence-electron chi connectivity index (χ3n) is 3.16. The Labute approximate surface area is 123 Å². The molecule has 2 N–H and O–H groups in total. The van der Waals surface area contributed by atoms with E-state index in [1.807, 2.05) is 0 Å². The number of ether oxygens (including phenoxy) is 1. The summed E-state index contributed by atoms with van der Waals surface area (Å²) in [5, 5.41) is 5.44. The van der Waals surface area contributed by atoms with Crippen LogP contribution in [0.3, 0.4) is 0 Å². The molecular formula is C14H20N4O3. The Morgan fingerprint density at radius 3 is 2.95 bits per heavy atom. The first-order valence-electron chi connectivity index (χ1n) is 6.90. The summed E-state index contributed by atoms with van der Waals surface area (Å²) in [6, 6.07) is 2.87. The smallest absolute Gasteiger partial charge is 0.319 e. The first kappa shape index (κ1) is 15.2. The van der Waals surface area contributed by atoms with E-state index in [1.165, 1.54) is 11.1 Å². The van der Waals surface area contributed by atoms with Crippen LogP contribution in [0.25, 0.3) is 0 Å². The summed E-state index contributed by atoms with van der Waals surface area (Å²) < 4.78 is 5.43. The molecule has 0 spiro atoms. The first-order valence-corrected chi connectivity index (χ1v) is 6.90. The Bertz CT molecular complexity index is 513. The van der Waals surface area contributed by atoms with Crippen molar-refractivity contribution >= 4 is 17.6 Å². The minimum atomic E-state index is -0.319. The lowest BCUT2D eigenvalue weighted by atomic mass is 10.2. The average molecular weight is 292 g/mol. The van der Waals surface area contributed by atoms with Crippen molar-refractivity contribution in [1.82, 2.24) is 15.2 Å². The van der Waals surface area contributed by atoms with Crippen LogP contribution >= 0.6 is 0 Å². The zero-order chi connectivity index (χ0) is 15.2. The molecule has 7 nitrogen and oxygen atoms in total. The Balaban J connectivity index is 1.88. The van der Waals surface area contributed by atoms with Gasteiger partial charge in [-0.15, -0.1) is 0 Å². The third kappa shape index (κ3) is 4.42. The highest BCUT2D eigenvalue weighted by atomic mass is 16.5. The summed E-state index contributed by atoms with van der Waals surface area (Å²) in [6.07, 6.45) is 3.59. The molecule has 1 atom stereocenters. The molecule has 0 aromatic carbocycles. The molecule has 2 rings (SSSR count). The Hall–Kier alpha value is -2.15. The number of carbonyl (C=O) groups is 2. The number of hydrogen-bond acceptors (Lipinski definition) is 4. The highest BCUT2D eigenvalue weighted by molar-refractivity contribution is 5.95. The van der Waals surface area contributed by atoms with Crippen molar-refractivity contribution in [2.24, 2.45) is 0 Å². The van der Waals surface area contributed by atoms with Gasteiger partial charge in [0, 0.05) is 39.1 Å². The van der Waals surface area contributed by atoms with E-state index in [0.717, 1.165) is 19.4 Å². The van der Waals surface area contributed by atoms with E-state index in [2.05, 4.69) is 15.6 Å². The fourth-order valence-electron chi connectivity index (χ4n) is 2.04. The van der Waals surface area contributed by atoms with Crippen LogP contribution in [-0.4, -0.2) is 55.2 Å². The SMILES string of the molecule is CN(C)C(=O)c1cc(NC(=O)NCC2CCCO2)ccn1. The quantitative estimate of drug-likeness (QED) is 0.870. The third-order valence-corrected chi connectivity index (χ3v) is 3.16. The highest BCUT2D eigenvalue weighted by Gasteiger charge is 2.16. The van der Waals surface area contributed by atoms with Gasteiger partial charge < -0.3 is 20.3 Å². The van der Waals surface area contributed by atoms with Crippen molar-refractivity contribution in [2.75, 3.05) is 32.6 Å². The molecule has 1 fully saturated rings. The van der Waals surface area contributed by atoms with Crippen LogP contribution in [0.1, 0.15) is 23.3 Å². The lowest BCUT2D eigenvalue weighted by molar-refractivity contribution is 0.0822.